The molecule has 8 heteroatoms. The lowest BCUT2D eigenvalue weighted by Gasteiger charge is -2.18. The summed E-state index contributed by atoms with van der Waals surface area (Å²) in [5.41, 5.74) is 3.82. The van der Waals surface area contributed by atoms with Crippen LogP contribution in [0.3, 0.4) is 0 Å². The predicted molar refractivity (Wildman–Crippen MR) is 101 cm³/mol. The zero-order valence-electron chi connectivity index (χ0n) is 15.2. The molecule has 0 radical (unpaired) electrons. The Morgan fingerprint density at radius 3 is 3.00 bits per heavy atom. The number of aromatic amines is 1. The summed E-state index contributed by atoms with van der Waals surface area (Å²) < 4.78 is 13.8. The van der Waals surface area contributed by atoms with Crippen molar-refractivity contribution >= 4 is 16.9 Å². The number of nitrogens with zero attached hydrogens (tertiary/aromatic N) is 3. The second-order valence-electron chi connectivity index (χ2n) is 7.26. The summed E-state index contributed by atoms with van der Waals surface area (Å²) in [6.07, 6.45) is 1.99. The van der Waals surface area contributed by atoms with Crippen LogP contribution in [0, 0.1) is 18.7 Å². The van der Waals surface area contributed by atoms with Gasteiger partial charge < -0.3 is 15.3 Å². The molecule has 28 heavy (non-hydrogen) atoms. The fourth-order valence-corrected chi connectivity index (χ4v) is 3.98. The van der Waals surface area contributed by atoms with E-state index in [1.165, 1.54) is 17.7 Å². The Balaban J connectivity index is 1.61. The third kappa shape index (κ3) is 2.52. The van der Waals surface area contributed by atoms with E-state index in [4.69, 9.17) is 0 Å². The lowest BCUT2D eigenvalue weighted by Crippen LogP contribution is -2.30. The quantitative estimate of drug-likeness (QED) is 0.635. The number of fused-ring (bicyclic) bond motifs is 2. The Hall–Kier alpha value is -3.42. The topological polar surface area (TPSA) is 94.1 Å². The maximum atomic E-state index is 13.8. The molecule has 0 saturated carbocycles. The molecule has 4 heterocycles. The summed E-state index contributed by atoms with van der Waals surface area (Å²) >= 11 is 0. The van der Waals surface area contributed by atoms with Gasteiger partial charge in [-0.25, -0.2) is 9.37 Å². The number of rotatable bonds is 2. The van der Waals surface area contributed by atoms with E-state index in [1.807, 2.05) is 18.0 Å². The molecule has 1 saturated heterocycles. The van der Waals surface area contributed by atoms with E-state index >= 15 is 0 Å². The zero-order valence-corrected chi connectivity index (χ0v) is 15.2. The normalized spacial score (nSPS) is 18.3. The summed E-state index contributed by atoms with van der Waals surface area (Å²) in [6, 6.07) is 5.73. The van der Waals surface area contributed by atoms with Crippen molar-refractivity contribution in [3.05, 3.63) is 53.1 Å². The first-order valence-electron chi connectivity index (χ1n) is 9.07. The van der Waals surface area contributed by atoms with E-state index in [1.54, 1.807) is 12.1 Å². The van der Waals surface area contributed by atoms with Crippen molar-refractivity contribution in [2.75, 3.05) is 19.6 Å². The average Bonchev–Trinajstić information content (AvgIpc) is 3.38. The first kappa shape index (κ1) is 16.7. The number of aromatic hydroxyl groups is 1. The molecule has 1 aromatic carbocycles. The number of likely N-dealkylation sites (tertiary alicyclic amines) is 1. The van der Waals surface area contributed by atoms with E-state index < -0.39 is 11.6 Å². The van der Waals surface area contributed by atoms with Crippen LogP contribution in [-0.4, -0.2) is 50.7 Å². The summed E-state index contributed by atoms with van der Waals surface area (Å²) in [5, 5.41) is 20.4. The minimum Gasteiger partial charge on any atom is -0.505 e. The molecule has 0 aliphatic carbocycles. The van der Waals surface area contributed by atoms with E-state index in [2.05, 4.69) is 20.5 Å². The lowest BCUT2D eigenvalue weighted by molar-refractivity contribution is 0.0790. The summed E-state index contributed by atoms with van der Waals surface area (Å²) in [6.45, 7) is 3.94. The highest BCUT2D eigenvalue weighted by atomic mass is 19.1. The molecule has 2 aliphatic heterocycles. The molecule has 5 rings (SSSR count). The van der Waals surface area contributed by atoms with Gasteiger partial charge in [0.05, 0.1) is 22.3 Å². The molecular weight excluding hydrogens is 361 g/mol. The highest BCUT2D eigenvalue weighted by molar-refractivity contribution is 6.07. The Morgan fingerprint density at radius 1 is 1.36 bits per heavy atom. The monoisotopic (exact) mass is 379 g/mol. The van der Waals surface area contributed by atoms with Crippen molar-refractivity contribution in [3.8, 4) is 17.0 Å². The first-order chi connectivity index (χ1) is 13.5. The van der Waals surface area contributed by atoms with Gasteiger partial charge in [-0.05, 0) is 43.0 Å². The average molecular weight is 379 g/mol. The number of carbonyl (C=O) groups is 1. The smallest absolute Gasteiger partial charge is 0.255 e. The van der Waals surface area contributed by atoms with Gasteiger partial charge in [0, 0.05) is 31.1 Å². The zero-order chi connectivity index (χ0) is 19.4. The number of aromatic nitrogens is 3. The number of carbonyl (C=O) groups excluding carboxylic acids is 1. The largest absolute Gasteiger partial charge is 0.505 e. The maximum Gasteiger partial charge on any atom is 0.255 e. The van der Waals surface area contributed by atoms with Crippen molar-refractivity contribution in [1.29, 1.82) is 0 Å². The standard InChI is InChI=1S/C20H18FN5O2/c1-10-18-14(20(28)26-8-12-6-22-7-13(12)9-26)5-16(23-19(18)25-24-10)11-2-3-17(27)15(21)4-11/h2-6,13,22,27H,7-9H2,1H3,(H,23,24,25). The van der Waals surface area contributed by atoms with Crippen LogP contribution in [0.1, 0.15) is 16.1 Å². The molecule has 3 N–H and O–H groups in total. The summed E-state index contributed by atoms with van der Waals surface area (Å²) in [7, 11) is 0. The molecule has 1 atom stereocenters. The Kier molecular flexibility index (Phi) is 3.61. The first-order valence-corrected chi connectivity index (χ1v) is 9.07. The second kappa shape index (κ2) is 6.05. The second-order valence-corrected chi connectivity index (χ2v) is 7.26. The van der Waals surface area contributed by atoms with Crippen LogP contribution in [0.4, 0.5) is 4.39 Å². The fraction of sp³-hybridized carbons (Fsp3) is 0.250. The lowest BCUT2D eigenvalue weighted by atomic mass is 10.0. The van der Waals surface area contributed by atoms with Gasteiger partial charge in [0.1, 0.15) is 0 Å². The van der Waals surface area contributed by atoms with Gasteiger partial charge in [-0.1, -0.05) is 0 Å². The van der Waals surface area contributed by atoms with Gasteiger partial charge in [0.15, 0.2) is 17.2 Å². The SMILES string of the molecule is Cc1n[nH]c2nc(-c3ccc(O)c(F)c3)cc(C(=O)N3CC4=CNCC4C3)c12. The number of H-pyrrole nitrogens is 1. The Labute approximate surface area is 159 Å². The van der Waals surface area contributed by atoms with Gasteiger partial charge in [-0.15, -0.1) is 0 Å². The van der Waals surface area contributed by atoms with Crippen molar-refractivity contribution in [3.63, 3.8) is 0 Å². The van der Waals surface area contributed by atoms with Gasteiger partial charge >= 0.3 is 0 Å². The molecule has 1 fully saturated rings. The molecule has 3 aromatic rings. The number of amides is 1. The van der Waals surface area contributed by atoms with Crippen molar-refractivity contribution in [1.82, 2.24) is 25.4 Å². The van der Waals surface area contributed by atoms with Crippen molar-refractivity contribution in [2.24, 2.45) is 5.92 Å². The number of hydrogen-bond donors (Lipinski definition) is 3. The molecule has 0 bridgehead atoms. The van der Waals surface area contributed by atoms with Crippen molar-refractivity contribution < 1.29 is 14.3 Å². The fourth-order valence-electron chi connectivity index (χ4n) is 3.98. The van der Waals surface area contributed by atoms with E-state index in [0.717, 1.165) is 6.54 Å². The molecule has 0 spiro atoms. The number of nitrogens with one attached hydrogen (secondary N) is 2. The molecule has 2 aromatic heterocycles. The van der Waals surface area contributed by atoms with E-state index in [-0.39, 0.29) is 5.91 Å². The summed E-state index contributed by atoms with van der Waals surface area (Å²) in [4.78, 5) is 19.7. The van der Waals surface area contributed by atoms with Crippen LogP contribution in [-0.2, 0) is 0 Å². The molecule has 2 aliphatic rings. The van der Waals surface area contributed by atoms with E-state index in [9.17, 15) is 14.3 Å². The molecule has 1 unspecified atom stereocenters. The van der Waals surface area contributed by atoms with Gasteiger partial charge in [0.2, 0.25) is 0 Å². The number of phenolic OH excluding ortho intramolecular Hbond substituents is 1. The highest BCUT2D eigenvalue weighted by Crippen LogP contribution is 2.31. The van der Waals surface area contributed by atoms with Crippen LogP contribution in [0.15, 0.2) is 36.0 Å². The minimum absolute atomic E-state index is 0.0901. The molecule has 7 nitrogen and oxygen atoms in total. The number of phenols is 1. The Bertz CT molecular complexity index is 1150. The molecular formula is C20H18FN5O2. The van der Waals surface area contributed by atoms with Crippen LogP contribution >= 0.6 is 0 Å². The maximum absolute atomic E-state index is 13.8. The van der Waals surface area contributed by atoms with Gasteiger partial charge in [-0.3, -0.25) is 9.89 Å². The Morgan fingerprint density at radius 2 is 2.21 bits per heavy atom. The van der Waals surface area contributed by atoms with Crippen LogP contribution in [0.25, 0.3) is 22.3 Å². The minimum atomic E-state index is -0.736. The number of aryl methyl sites for hydroxylation is 1. The third-order valence-electron chi connectivity index (χ3n) is 5.46. The van der Waals surface area contributed by atoms with Crippen LogP contribution < -0.4 is 5.32 Å². The van der Waals surface area contributed by atoms with Gasteiger partial charge in [0.25, 0.3) is 5.91 Å². The molecule has 142 valence electrons. The number of hydrogen-bond acceptors (Lipinski definition) is 5. The predicted octanol–water partition coefficient (Wildman–Crippen LogP) is 2.34. The van der Waals surface area contributed by atoms with Gasteiger partial charge in [-0.2, -0.15) is 5.10 Å². The number of benzene rings is 1. The summed E-state index contributed by atoms with van der Waals surface area (Å²) in [5.74, 6) is -0.894. The van der Waals surface area contributed by atoms with Crippen LogP contribution in [0.5, 0.6) is 5.75 Å². The van der Waals surface area contributed by atoms with Crippen molar-refractivity contribution in [2.45, 2.75) is 6.92 Å². The highest BCUT2D eigenvalue weighted by Gasteiger charge is 2.34. The van der Waals surface area contributed by atoms with Crippen LogP contribution in [0.2, 0.25) is 0 Å². The number of pyridine rings is 1. The number of halogens is 1. The molecule has 1 amide bonds. The van der Waals surface area contributed by atoms with E-state index in [0.29, 0.717) is 52.6 Å². The third-order valence-corrected chi connectivity index (χ3v) is 5.46.